The van der Waals surface area contributed by atoms with Gasteiger partial charge in [0.1, 0.15) is 16.5 Å². The predicted octanol–water partition coefficient (Wildman–Crippen LogP) is 3.75. The average Bonchev–Trinajstić information content (AvgIpc) is 2.87. The predicted molar refractivity (Wildman–Crippen MR) is 83.0 cm³/mol. The Morgan fingerprint density at radius 2 is 1.95 bits per heavy atom. The van der Waals surface area contributed by atoms with E-state index in [4.69, 9.17) is 0 Å². The van der Waals surface area contributed by atoms with Crippen molar-refractivity contribution in [3.05, 3.63) is 40.6 Å². The minimum absolute atomic E-state index is 0.315. The zero-order valence-electron chi connectivity index (χ0n) is 11.6. The lowest BCUT2D eigenvalue weighted by molar-refractivity contribution is 0.258. The Hall–Kier alpha value is -1.64. The van der Waals surface area contributed by atoms with E-state index < -0.39 is 0 Å². The lowest BCUT2D eigenvalue weighted by atomic mass is 10.2. The Bertz CT molecular complexity index is 596. The van der Waals surface area contributed by atoms with Crippen molar-refractivity contribution >= 4 is 15.9 Å². The van der Waals surface area contributed by atoms with Crippen molar-refractivity contribution in [1.29, 1.82) is 5.26 Å². The number of aromatic nitrogens is 2. The molecule has 0 aliphatic carbocycles. The first-order valence-electron chi connectivity index (χ1n) is 6.65. The Kier molecular flexibility index (Phi) is 4.94. The molecule has 1 heterocycles. The van der Waals surface area contributed by atoms with E-state index in [1.54, 1.807) is 0 Å². The summed E-state index contributed by atoms with van der Waals surface area (Å²) in [4.78, 5) is 9.85. The second kappa shape index (κ2) is 6.69. The molecule has 1 N–H and O–H groups in total. The number of aromatic amines is 1. The SMILES string of the molecule is CCN(CC)C(C#N)c1[nH]c(-c2ccccc2)nc1Br. The van der Waals surface area contributed by atoms with Gasteiger partial charge in [-0.3, -0.25) is 4.90 Å². The van der Waals surface area contributed by atoms with Crippen molar-refractivity contribution in [3.63, 3.8) is 0 Å². The number of hydrogen-bond donors (Lipinski definition) is 1. The number of H-pyrrole nitrogens is 1. The van der Waals surface area contributed by atoms with Gasteiger partial charge in [-0.1, -0.05) is 44.2 Å². The average molecular weight is 333 g/mol. The second-order valence-corrected chi connectivity index (χ2v) is 5.16. The molecule has 0 aliphatic heterocycles. The number of imidazole rings is 1. The van der Waals surface area contributed by atoms with Gasteiger partial charge < -0.3 is 4.98 Å². The number of halogens is 1. The largest absolute Gasteiger partial charge is 0.339 e. The second-order valence-electron chi connectivity index (χ2n) is 4.41. The summed E-state index contributed by atoms with van der Waals surface area (Å²) in [5.74, 6) is 0.778. The van der Waals surface area contributed by atoms with E-state index in [2.05, 4.69) is 50.7 Å². The van der Waals surface area contributed by atoms with E-state index in [0.717, 1.165) is 30.2 Å². The third-order valence-corrected chi connectivity index (χ3v) is 3.91. The van der Waals surface area contributed by atoms with Crippen molar-refractivity contribution in [3.8, 4) is 17.5 Å². The third kappa shape index (κ3) is 2.92. The number of benzene rings is 1. The maximum absolute atomic E-state index is 9.46. The van der Waals surface area contributed by atoms with Crippen LogP contribution in [-0.2, 0) is 0 Å². The summed E-state index contributed by atoms with van der Waals surface area (Å²) >= 11 is 3.46. The molecule has 1 unspecified atom stereocenters. The van der Waals surface area contributed by atoms with Gasteiger partial charge in [-0.2, -0.15) is 5.26 Å². The van der Waals surface area contributed by atoms with Crippen molar-refractivity contribution in [2.24, 2.45) is 0 Å². The summed E-state index contributed by atoms with van der Waals surface area (Å²) in [6, 6.07) is 11.9. The topological polar surface area (TPSA) is 55.7 Å². The van der Waals surface area contributed by atoms with Crippen LogP contribution >= 0.6 is 15.9 Å². The first-order valence-corrected chi connectivity index (χ1v) is 7.45. The zero-order valence-corrected chi connectivity index (χ0v) is 13.2. The molecule has 0 amide bonds. The molecule has 20 heavy (non-hydrogen) atoms. The van der Waals surface area contributed by atoms with E-state index >= 15 is 0 Å². The first kappa shape index (κ1) is 14.8. The molecule has 5 heteroatoms. The number of hydrogen-bond acceptors (Lipinski definition) is 3. The first-order chi connectivity index (χ1) is 9.71. The maximum Gasteiger partial charge on any atom is 0.141 e. The highest BCUT2D eigenvalue weighted by Crippen LogP contribution is 2.28. The van der Waals surface area contributed by atoms with Crippen LogP contribution in [0.25, 0.3) is 11.4 Å². The fourth-order valence-electron chi connectivity index (χ4n) is 2.20. The summed E-state index contributed by atoms with van der Waals surface area (Å²) in [6.45, 7) is 5.74. The minimum Gasteiger partial charge on any atom is -0.339 e. The fourth-order valence-corrected chi connectivity index (χ4v) is 2.69. The Labute approximate surface area is 127 Å². The van der Waals surface area contributed by atoms with Gasteiger partial charge in [-0.25, -0.2) is 4.98 Å². The molecule has 2 aromatic rings. The summed E-state index contributed by atoms with van der Waals surface area (Å²) in [5.41, 5.74) is 1.82. The normalized spacial score (nSPS) is 12.3. The standard InChI is InChI=1S/C15H17BrN4/c1-3-20(4-2)12(10-17)13-14(16)19-15(18-13)11-8-6-5-7-9-11/h5-9,12H,3-4H2,1-2H3,(H,18,19). The van der Waals surface area contributed by atoms with Crippen LogP contribution in [0.5, 0.6) is 0 Å². The molecule has 1 aromatic carbocycles. The van der Waals surface area contributed by atoms with Crippen molar-refractivity contribution in [1.82, 2.24) is 14.9 Å². The molecule has 1 aromatic heterocycles. The summed E-state index contributed by atoms with van der Waals surface area (Å²) in [6.07, 6.45) is 0. The van der Waals surface area contributed by atoms with Gasteiger partial charge in [0.2, 0.25) is 0 Å². The Morgan fingerprint density at radius 3 is 2.50 bits per heavy atom. The van der Waals surface area contributed by atoms with E-state index in [1.165, 1.54) is 0 Å². The van der Waals surface area contributed by atoms with Gasteiger partial charge >= 0.3 is 0 Å². The molecule has 4 nitrogen and oxygen atoms in total. The van der Waals surface area contributed by atoms with Gasteiger partial charge in [0.25, 0.3) is 0 Å². The van der Waals surface area contributed by atoms with Crippen LogP contribution in [0.2, 0.25) is 0 Å². The molecule has 0 saturated heterocycles. The van der Waals surface area contributed by atoms with Gasteiger partial charge in [0, 0.05) is 5.56 Å². The lowest BCUT2D eigenvalue weighted by Crippen LogP contribution is -2.27. The van der Waals surface area contributed by atoms with Gasteiger partial charge in [0.15, 0.2) is 0 Å². The van der Waals surface area contributed by atoms with Crippen molar-refractivity contribution < 1.29 is 0 Å². The highest BCUT2D eigenvalue weighted by Gasteiger charge is 2.23. The molecule has 0 fully saturated rings. The number of nitrogens with one attached hydrogen (secondary N) is 1. The van der Waals surface area contributed by atoms with Gasteiger partial charge in [-0.15, -0.1) is 0 Å². The fraction of sp³-hybridized carbons (Fsp3) is 0.333. The summed E-state index contributed by atoms with van der Waals surface area (Å²) in [5, 5.41) is 9.46. The van der Waals surface area contributed by atoms with Crippen molar-refractivity contribution in [2.45, 2.75) is 19.9 Å². The number of nitriles is 1. The van der Waals surface area contributed by atoms with Crippen LogP contribution < -0.4 is 0 Å². The summed E-state index contributed by atoms with van der Waals surface area (Å²) in [7, 11) is 0. The van der Waals surface area contributed by atoms with E-state index in [-0.39, 0.29) is 6.04 Å². The Morgan fingerprint density at radius 1 is 1.30 bits per heavy atom. The molecule has 104 valence electrons. The number of rotatable bonds is 5. The highest BCUT2D eigenvalue weighted by molar-refractivity contribution is 9.10. The van der Waals surface area contributed by atoms with Crippen LogP contribution in [0.15, 0.2) is 34.9 Å². The van der Waals surface area contributed by atoms with Gasteiger partial charge in [0.05, 0.1) is 11.8 Å². The molecule has 1 atom stereocenters. The van der Waals surface area contributed by atoms with Crippen LogP contribution in [0.1, 0.15) is 25.6 Å². The molecule has 0 radical (unpaired) electrons. The van der Waals surface area contributed by atoms with E-state index in [9.17, 15) is 5.26 Å². The number of nitrogens with zero attached hydrogens (tertiary/aromatic N) is 3. The molecular weight excluding hydrogens is 316 g/mol. The van der Waals surface area contributed by atoms with Crippen LogP contribution in [-0.4, -0.2) is 28.0 Å². The third-order valence-electron chi connectivity index (χ3n) is 3.31. The quantitative estimate of drug-likeness (QED) is 0.907. The van der Waals surface area contributed by atoms with Crippen LogP contribution in [0.4, 0.5) is 0 Å². The monoisotopic (exact) mass is 332 g/mol. The van der Waals surface area contributed by atoms with Crippen LogP contribution in [0.3, 0.4) is 0 Å². The molecular formula is C15H17BrN4. The zero-order chi connectivity index (χ0) is 14.5. The lowest BCUT2D eigenvalue weighted by Gasteiger charge is -2.23. The highest BCUT2D eigenvalue weighted by atomic mass is 79.9. The van der Waals surface area contributed by atoms with Gasteiger partial charge in [-0.05, 0) is 29.0 Å². The van der Waals surface area contributed by atoms with E-state index in [1.807, 2.05) is 30.3 Å². The maximum atomic E-state index is 9.46. The molecule has 0 aliphatic rings. The molecule has 0 saturated carbocycles. The smallest absolute Gasteiger partial charge is 0.141 e. The van der Waals surface area contributed by atoms with E-state index in [0.29, 0.717) is 4.60 Å². The molecule has 0 spiro atoms. The Balaban J connectivity index is 2.39. The van der Waals surface area contributed by atoms with Crippen LogP contribution in [0, 0.1) is 11.3 Å². The van der Waals surface area contributed by atoms with Crippen molar-refractivity contribution in [2.75, 3.05) is 13.1 Å². The molecule has 0 bridgehead atoms. The minimum atomic E-state index is -0.315. The summed E-state index contributed by atoms with van der Waals surface area (Å²) < 4.78 is 0.704. The molecule has 2 rings (SSSR count).